The molecule has 5 heteroatoms. The monoisotopic (exact) mass is 370 g/mol. The molecule has 0 bridgehead atoms. The molecule has 2 aromatic rings. The van der Waals surface area contributed by atoms with Gasteiger partial charge in [-0.2, -0.15) is 0 Å². The van der Waals surface area contributed by atoms with E-state index in [1.54, 1.807) is 36.4 Å². The molecule has 0 aromatic heterocycles. The van der Waals surface area contributed by atoms with Gasteiger partial charge in [0, 0.05) is 15.6 Å². The SMILES string of the molecule is O=C(C=Cc1cc(Br)ccc1O)c1ccc(Cl)c(Cl)c1. The molecule has 20 heavy (non-hydrogen) atoms. The minimum atomic E-state index is -0.219. The Labute approximate surface area is 134 Å². The van der Waals surface area contributed by atoms with Crippen molar-refractivity contribution >= 4 is 51.0 Å². The van der Waals surface area contributed by atoms with Crippen molar-refractivity contribution in [2.75, 3.05) is 0 Å². The third-order valence-electron chi connectivity index (χ3n) is 2.61. The summed E-state index contributed by atoms with van der Waals surface area (Å²) in [6.45, 7) is 0. The van der Waals surface area contributed by atoms with Crippen molar-refractivity contribution in [3.8, 4) is 5.75 Å². The van der Waals surface area contributed by atoms with Gasteiger partial charge in [-0.05, 0) is 48.6 Å². The smallest absolute Gasteiger partial charge is 0.185 e. The van der Waals surface area contributed by atoms with Crippen LogP contribution < -0.4 is 0 Å². The molecular formula is C15H9BrCl2O2. The van der Waals surface area contributed by atoms with Crippen LogP contribution in [0.15, 0.2) is 46.9 Å². The van der Waals surface area contributed by atoms with Crippen LogP contribution in [0.25, 0.3) is 6.08 Å². The van der Waals surface area contributed by atoms with Gasteiger partial charge in [-0.1, -0.05) is 39.1 Å². The molecule has 0 saturated heterocycles. The third-order valence-corrected chi connectivity index (χ3v) is 3.84. The van der Waals surface area contributed by atoms with E-state index < -0.39 is 0 Å². The lowest BCUT2D eigenvalue weighted by molar-refractivity contribution is 0.104. The lowest BCUT2D eigenvalue weighted by Crippen LogP contribution is -1.93. The fraction of sp³-hybridized carbons (Fsp3) is 0. The standard InChI is InChI=1S/C15H9BrCl2O2/c16-11-3-6-15(20)9(7-11)2-5-14(19)10-1-4-12(17)13(18)8-10/h1-8,20H. The molecule has 0 amide bonds. The van der Waals surface area contributed by atoms with Gasteiger partial charge >= 0.3 is 0 Å². The largest absolute Gasteiger partial charge is 0.507 e. The number of phenolic OH excluding ortho intramolecular Hbond substituents is 1. The number of ketones is 1. The first-order valence-corrected chi connectivity index (χ1v) is 7.18. The second-order valence-corrected chi connectivity index (χ2v) is 5.76. The van der Waals surface area contributed by atoms with E-state index in [0.29, 0.717) is 21.2 Å². The molecule has 2 rings (SSSR count). The number of hydrogen-bond acceptors (Lipinski definition) is 2. The quantitative estimate of drug-likeness (QED) is 0.582. The van der Waals surface area contributed by atoms with E-state index >= 15 is 0 Å². The first kappa shape index (κ1) is 15.1. The molecule has 0 radical (unpaired) electrons. The van der Waals surface area contributed by atoms with Crippen LogP contribution in [0.1, 0.15) is 15.9 Å². The van der Waals surface area contributed by atoms with Crippen molar-refractivity contribution in [3.63, 3.8) is 0 Å². The van der Waals surface area contributed by atoms with E-state index in [4.69, 9.17) is 23.2 Å². The number of hydrogen-bond donors (Lipinski definition) is 1. The van der Waals surface area contributed by atoms with Crippen LogP contribution in [-0.4, -0.2) is 10.9 Å². The molecule has 2 nitrogen and oxygen atoms in total. The Balaban J connectivity index is 2.24. The number of carbonyl (C=O) groups is 1. The first-order valence-electron chi connectivity index (χ1n) is 5.63. The van der Waals surface area contributed by atoms with E-state index in [9.17, 15) is 9.90 Å². The Morgan fingerprint density at radius 2 is 1.85 bits per heavy atom. The average Bonchev–Trinajstić information content (AvgIpc) is 2.42. The summed E-state index contributed by atoms with van der Waals surface area (Å²) in [5.74, 6) is -0.116. The number of halogens is 3. The van der Waals surface area contributed by atoms with Gasteiger partial charge in [0.25, 0.3) is 0 Å². The zero-order valence-electron chi connectivity index (χ0n) is 10.1. The Bertz CT molecular complexity index is 696. The molecule has 0 aliphatic carbocycles. The summed E-state index contributed by atoms with van der Waals surface area (Å²) < 4.78 is 0.817. The summed E-state index contributed by atoms with van der Waals surface area (Å²) in [6.07, 6.45) is 2.92. The Morgan fingerprint density at radius 1 is 1.10 bits per heavy atom. The van der Waals surface area contributed by atoms with E-state index in [1.807, 2.05) is 0 Å². The summed E-state index contributed by atoms with van der Waals surface area (Å²) >= 11 is 15.0. The van der Waals surface area contributed by atoms with Crippen LogP contribution in [0.4, 0.5) is 0 Å². The number of phenols is 1. The summed E-state index contributed by atoms with van der Waals surface area (Å²) in [5.41, 5.74) is 0.984. The molecule has 0 heterocycles. The summed E-state index contributed by atoms with van der Waals surface area (Å²) in [5, 5.41) is 10.4. The van der Waals surface area contributed by atoms with Crippen LogP contribution in [-0.2, 0) is 0 Å². The second-order valence-electron chi connectivity index (χ2n) is 4.03. The Hall–Kier alpha value is -1.29. The Kier molecular flexibility index (Phi) is 4.86. The molecule has 0 saturated carbocycles. The van der Waals surface area contributed by atoms with Gasteiger partial charge < -0.3 is 5.11 Å². The lowest BCUT2D eigenvalue weighted by atomic mass is 10.1. The predicted octanol–water partition coefficient (Wildman–Crippen LogP) is 5.36. The molecule has 0 aliphatic rings. The van der Waals surface area contributed by atoms with Crippen LogP contribution >= 0.6 is 39.1 Å². The topological polar surface area (TPSA) is 37.3 Å². The first-order chi connectivity index (χ1) is 9.47. The molecule has 0 aliphatic heterocycles. The highest BCUT2D eigenvalue weighted by Gasteiger charge is 2.06. The Morgan fingerprint density at radius 3 is 2.55 bits per heavy atom. The maximum atomic E-state index is 12.0. The highest BCUT2D eigenvalue weighted by atomic mass is 79.9. The number of allylic oxidation sites excluding steroid dienone is 1. The van der Waals surface area contributed by atoms with E-state index in [-0.39, 0.29) is 11.5 Å². The minimum absolute atomic E-state index is 0.103. The van der Waals surface area contributed by atoms with Crippen molar-refractivity contribution in [3.05, 3.63) is 68.1 Å². The maximum absolute atomic E-state index is 12.0. The fourth-order valence-electron chi connectivity index (χ4n) is 1.57. The van der Waals surface area contributed by atoms with Gasteiger partial charge in [-0.15, -0.1) is 0 Å². The average molecular weight is 372 g/mol. The van der Waals surface area contributed by atoms with Crippen molar-refractivity contribution in [1.82, 2.24) is 0 Å². The van der Waals surface area contributed by atoms with E-state index in [2.05, 4.69) is 15.9 Å². The number of aromatic hydroxyl groups is 1. The van der Waals surface area contributed by atoms with Crippen LogP contribution in [0, 0.1) is 0 Å². The number of benzene rings is 2. The van der Waals surface area contributed by atoms with Crippen LogP contribution in [0.3, 0.4) is 0 Å². The zero-order chi connectivity index (χ0) is 14.7. The molecule has 1 N–H and O–H groups in total. The van der Waals surface area contributed by atoms with E-state index in [1.165, 1.54) is 12.1 Å². The molecule has 2 aromatic carbocycles. The van der Waals surface area contributed by atoms with Crippen molar-refractivity contribution in [2.24, 2.45) is 0 Å². The van der Waals surface area contributed by atoms with Gasteiger partial charge in [0.2, 0.25) is 0 Å². The fourth-order valence-corrected chi connectivity index (χ4v) is 2.25. The van der Waals surface area contributed by atoms with Gasteiger partial charge in [0.05, 0.1) is 10.0 Å². The molecule has 0 unspecified atom stereocenters. The summed E-state index contributed by atoms with van der Waals surface area (Å²) in [6, 6.07) is 9.66. The minimum Gasteiger partial charge on any atom is -0.507 e. The predicted molar refractivity (Wildman–Crippen MR) is 85.6 cm³/mol. The lowest BCUT2D eigenvalue weighted by Gasteiger charge is -2.01. The third kappa shape index (κ3) is 3.63. The van der Waals surface area contributed by atoms with Gasteiger partial charge in [-0.25, -0.2) is 0 Å². The second kappa shape index (κ2) is 6.44. The molecule has 102 valence electrons. The van der Waals surface area contributed by atoms with Crippen molar-refractivity contribution in [2.45, 2.75) is 0 Å². The van der Waals surface area contributed by atoms with Gasteiger partial charge in [-0.3, -0.25) is 4.79 Å². The van der Waals surface area contributed by atoms with Gasteiger partial charge in [0.1, 0.15) is 5.75 Å². The molecule has 0 spiro atoms. The molecule has 0 fully saturated rings. The normalized spacial score (nSPS) is 10.9. The van der Waals surface area contributed by atoms with Crippen LogP contribution in [0.5, 0.6) is 5.75 Å². The van der Waals surface area contributed by atoms with Gasteiger partial charge in [0.15, 0.2) is 5.78 Å². The maximum Gasteiger partial charge on any atom is 0.185 e. The highest BCUT2D eigenvalue weighted by molar-refractivity contribution is 9.10. The van der Waals surface area contributed by atoms with Crippen molar-refractivity contribution in [1.29, 1.82) is 0 Å². The number of carbonyl (C=O) groups excluding carboxylic acids is 1. The summed E-state index contributed by atoms with van der Waals surface area (Å²) in [4.78, 5) is 12.0. The summed E-state index contributed by atoms with van der Waals surface area (Å²) in [7, 11) is 0. The zero-order valence-corrected chi connectivity index (χ0v) is 13.2. The van der Waals surface area contributed by atoms with E-state index in [0.717, 1.165) is 4.47 Å². The molecule has 0 atom stereocenters. The van der Waals surface area contributed by atoms with Crippen LogP contribution in [0.2, 0.25) is 10.0 Å². The number of rotatable bonds is 3. The highest BCUT2D eigenvalue weighted by Crippen LogP contribution is 2.25. The van der Waals surface area contributed by atoms with Crippen molar-refractivity contribution < 1.29 is 9.90 Å². The molecular weight excluding hydrogens is 363 g/mol.